The molecular weight excluding hydrogens is 253 g/mol. The standard InChI is InChI=1S/C7H4F5N3O2/c8-6(9,7(10,11)12)5-1-3(13)4(2-14-5)15(16)17/h1-2H,(H2,13,14). The Balaban J connectivity index is 3.28. The van der Waals surface area contributed by atoms with Crippen LogP contribution in [0.15, 0.2) is 12.3 Å². The maximum absolute atomic E-state index is 12.8. The van der Waals surface area contributed by atoms with E-state index in [1.54, 1.807) is 0 Å². The smallest absolute Gasteiger partial charge is 0.393 e. The van der Waals surface area contributed by atoms with E-state index in [9.17, 15) is 32.1 Å². The first-order chi connectivity index (χ1) is 7.57. The van der Waals surface area contributed by atoms with Gasteiger partial charge in [-0.2, -0.15) is 22.0 Å². The van der Waals surface area contributed by atoms with Crippen molar-refractivity contribution in [2.45, 2.75) is 12.1 Å². The molecule has 0 amide bonds. The van der Waals surface area contributed by atoms with E-state index in [0.29, 0.717) is 0 Å². The van der Waals surface area contributed by atoms with Gasteiger partial charge in [0.15, 0.2) is 0 Å². The molecule has 0 spiro atoms. The summed E-state index contributed by atoms with van der Waals surface area (Å²) in [6.45, 7) is 0. The topological polar surface area (TPSA) is 82.0 Å². The molecule has 0 aliphatic rings. The van der Waals surface area contributed by atoms with Crippen molar-refractivity contribution in [1.29, 1.82) is 0 Å². The molecule has 0 bridgehead atoms. The predicted molar refractivity (Wildman–Crippen MR) is 45.3 cm³/mol. The molecule has 0 aliphatic heterocycles. The highest BCUT2D eigenvalue weighted by Crippen LogP contribution is 2.43. The van der Waals surface area contributed by atoms with Crippen LogP contribution < -0.4 is 5.73 Å². The molecule has 0 fully saturated rings. The maximum atomic E-state index is 12.8. The third-order valence-electron chi connectivity index (χ3n) is 1.79. The number of alkyl halides is 5. The zero-order valence-corrected chi connectivity index (χ0v) is 7.83. The van der Waals surface area contributed by atoms with Gasteiger partial charge < -0.3 is 5.73 Å². The van der Waals surface area contributed by atoms with Gasteiger partial charge in [-0.3, -0.25) is 10.1 Å². The number of nitrogen functional groups attached to an aromatic ring is 1. The van der Waals surface area contributed by atoms with Crippen molar-refractivity contribution in [3.63, 3.8) is 0 Å². The Morgan fingerprint density at radius 1 is 1.29 bits per heavy atom. The SMILES string of the molecule is Nc1cc(C(F)(F)C(F)(F)F)ncc1[N+](=O)[O-]. The fourth-order valence-corrected chi connectivity index (χ4v) is 0.933. The van der Waals surface area contributed by atoms with Gasteiger partial charge in [0.25, 0.3) is 0 Å². The summed E-state index contributed by atoms with van der Waals surface area (Å²) >= 11 is 0. The molecule has 10 heteroatoms. The molecule has 1 rings (SSSR count). The highest BCUT2D eigenvalue weighted by molar-refractivity contribution is 5.57. The first kappa shape index (κ1) is 13.1. The van der Waals surface area contributed by atoms with Crippen molar-refractivity contribution in [2.75, 3.05) is 5.73 Å². The zero-order valence-electron chi connectivity index (χ0n) is 7.83. The van der Waals surface area contributed by atoms with Crippen LogP contribution in [0.3, 0.4) is 0 Å². The van der Waals surface area contributed by atoms with Gasteiger partial charge in [-0.1, -0.05) is 0 Å². The van der Waals surface area contributed by atoms with Crippen LogP contribution in [0.4, 0.5) is 33.3 Å². The lowest BCUT2D eigenvalue weighted by Gasteiger charge is -2.18. The van der Waals surface area contributed by atoms with Gasteiger partial charge in [-0.05, 0) is 6.07 Å². The van der Waals surface area contributed by atoms with Crippen LogP contribution >= 0.6 is 0 Å². The highest BCUT2D eigenvalue weighted by Gasteiger charge is 2.60. The molecule has 0 atom stereocenters. The van der Waals surface area contributed by atoms with Gasteiger partial charge >= 0.3 is 17.8 Å². The zero-order chi connectivity index (χ0) is 13.4. The van der Waals surface area contributed by atoms with Gasteiger partial charge in [0.05, 0.1) is 4.92 Å². The Hall–Kier alpha value is -2.00. The minimum atomic E-state index is -5.84. The van der Waals surface area contributed by atoms with Crippen molar-refractivity contribution in [3.8, 4) is 0 Å². The molecule has 0 saturated carbocycles. The summed E-state index contributed by atoms with van der Waals surface area (Å²) in [7, 11) is 0. The van der Waals surface area contributed by atoms with E-state index in [4.69, 9.17) is 5.73 Å². The molecule has 5 nitrogen and oxygen atoms in total. The molecular formula is C7H4F5N3O2. The van der Waals surface area contributed by atoms with Crippen molar-refractivity contribution >= 4 is 11.4 Å². The third kappa shape index (κ3) is 2.24. The monoisotopic (exact) mass is 257 g/mol. The molecule has 1 aromatic rings. The summed E-state index contributed by atoms with van der Waals surface area (Å²) in [6.07, 6.45) is -5.59. The Kier molecular flexibility index (Phi) is 2.91. The summed E-state index contributed by atoms with van der Waals surface area (Å²) in [6, 6.07) is 0.131. The molecule has 17 heavy (non-hydrogen) atoms. The molecule has 2 N–H and O–H groups in total. The fourth-order valence-electron chi connectivity index (χ4n) is 0.933. The van der Waals surface area contributed by atoms with Crippen LogP contribution in [-0.4, -0.2) is 16.1 Å². The Bertz CT molecular complexity index is 459. The van der Waals surface area contributed by atoms with E-state index in [0.717, 1.165) is 0 Å². The van der Waals surface area contributed by atoms with Crippen molar-refractivity contribution in [3.05, 3.63) is 28.1 Å². The molecule has 1 heterocycles. The second-order valence-electron chi connectivity index (χ2n) is 2.96. The number of nitro groups is 1. The number of hydrogen-bond donors (Lipinski definition) is 1. The number of halogens is 5. The first-order valence-corrected chi connectivity index (χ1v) is 3.92. The summed E-state index contributed by atoms with van der Waals surface area (Å²) in [4.78, 5) is 11.9. The van der Waals surface area contributed by atoms with Gasteiger partial charge in [0.1, 0.15) is 17.6 Å². The number of pyridine rings is 1. The number of nitrogens with zero attached hydrogens (tertiary/aromatic N) is 2. The molecule has 94 valence electrons. The second-order valence-corrected chi connectivity index (χ2v) is 2.96. The van der Waals surface area contributed by atoms with Gasteiger partial charge in [0, 0.05) is 0 Å². The van der Waals surface area contributed by atoms with E-state index in [1.807, 2.05) is 0 Å². The Morgan fingerprint density at radius 2 is 1.82 bits per heavy atom. The predicted octanol–water partition coefficient (Wildman–Crippen LogP) is 2.23. The minimum absolute atomic E-state index is 0.131. The normalized spacial score (nSPS) is 12.5. The van der Waals surface area contributed by atoms with Gasteiger partial charge in [-0.25, -0.2) is 4.98 Å². The lowest BCUT2D eigenvalue weighted by molar-refractivity contribution is -0.384. The lowest BCUT2D eigenvalue weighted by atomic mass is 10.2. The number of nitrogens with two attached hydrogens (primary N) is 1. The molecule has 0 aliphatic carbocycles. The number of rotatable bonds is 2. The fraction of sp³-hybridized carbons (Fsp3) is 0.286. The Labute approximate surface area is 90.2 Å². The van der Waals surface area contributed by atoms with E-state index < -0.39 is 34.1 Å². The maximum Gasteiger partial charge on any atom is 0.459 e. The third-order valence-corrected chi connectivity index (χ3v) is 1.79. The number of anilines is 1. The Morgan fingerprint density at radius 3 is 2.18 bits per heavy atom. The summed E-state index contributed by atoms with van der Waals surface area (Å²) in [5.41, 5.74) is 1.64. The average Bonchev–Trinajstić information content (AvgIpc) is 2.14. The molecule has 0 saturated heterocycles. The molecule has 0 radical (unpaired) electrons. The largest absolute Gasteiger partial charge is 0.459 e. The van der Waals surface area contributed by atoms with Gasteiger partial charge in [-0.15, -0.1) is 0 Å². The van der Waals surface area contributed by atoms with Gasteiger partial charge in [0.2, 0.25) is 0 Å². The van der Waals surface area contributed by atoms with E-state index >= 15 is 0 Å². The minimum Gasteiger partial charge on any atom is -0.393 e. The lowest BCUT2D eigenvalue weighted by Crippen LogP contribution is -2.34. The average molecular weight is 257 g/mol. The van der Waals surface area contributed by atoms with Crippen LogP contribution in [0.25, 0.3) is 0 Å². The quantitative estimate of drug-likeness (QED) is 0.500. The molecule has 1 aromatic heterocycles. The second kappa shape index (κ2) is 3.79. The molecule has 0 aromatic carbocycles. The van der Waals surface area contributed by atoms with Crippen LogP contribution in [0.2, 0.25) is 0 Å². The van der Waals surface area contributed by atoms with Crippen LogP contribution in [0, 0.1) is 10.1 Å². The number of hydrogen-bond acceptors (Lipinski definition) is 4. The summed E-state index contributed by atoms with van der Waals surface area (Å²) in [5.74, 6) is -5.21. The van der Waals surface area contributed by atoms with Crippen LogP contribution in [-0.2, 0) is 5.92 Å². The highest BCUT2D eigenvalue weighted by atomic mass is 19.4. The van der Waals surface area contributed by atoms with Crippen molar-refractivity contribution < 1.29 is 26.9 Å². The summed E-state index contributed by atoms with van der Waals surface area (Å²) in [5, 5.41) is 10.3. The van der Waals surface area contributed by atoms with Crippen molar-refractivity contribution in [1.82, 2.24) is 4.98 Å². The van der Waals surface area contributed by atoms with E-state index in [2.05, 4.69) is 4.98 Å². The van der Waals surface area contributed by atoms with Crippen molar-refractivity contribution in [2.24, 2.45) is 0 Å². The van der Waals surface area contributed by atoms with E-state index in [-0.39, 0.29) is 12.3 Å². The first-order valence-electron chi connectivity index (χ1n) is 3.92. The molecule has 0 unspecified atom stereocenters. The number of aromatic nitrogens is 1. The van der Waals surface area contributed by atoms with Crippen LogP contribution in [0.5, 0.6) is 0 Å². The van der Waals surface area contributed by atoms with Crippen LogP contribution in [0.1, 0.15) is 5.69 Å². The van der Waals surface area contributed by atoms with E-state index in [1.165, 1.54) is 0 Å². The summed E-state index contributed by atoms with van der Waals surface area (Å²) < 4.78 is 61.4.